The number of carbonyl (C=O) groups excluding carboxylic acids is 2. The standard InChI is InChI=1S/C27H25BrN2O5/c1-3-15-34-20-12-10-18(11-13-20)29-26(31)23-24(17-9-14-22(33-2)21(28)16-17)30(35-25(23)27(29)32)19-7-5-4-6-8-19/h4-14,16,23-25H,3,15H2,1-2H3/t23-,24-,25+/m1/s1. The summed E-state index contributed by atoms with van der Waals surface area (Å²) in [5.41, 5.74) is 2.10. The monoisotopic (exact) mass is 536 g/mol. The van der Waals surface area contributed by atoms with Crippen molar-refractivity contribution >= 4 is 39.1 Å². The van der Waals surface area contributed by atoms with Crippen LogP contribution in [0.25, 0.3) is 0 Å². The molecule has 3 aromatic rings. The van der Waals surface area contributed by atoms with Gasteiger partial charge in [-0.15, -0.1) is 0 Å². The van der Waals surface area contributed by atoms with Gasteiger partial charge in [-0.2, -0.15) is 0 Å². The summed E-state index contributed by atoms with van der Waals surface area (Å²) in [6.07, 6.45) is -0.0311. The van der Waals surface area contributed by atoms with Gasteiger partial charge >= 0.3 is 0 Å². The maximum atomic E-state index is 13.8. The Bertz CT molecular complexity index is 1230. The number of ether oxygens (including phenoxy) is 2. The van der Waals surface area contributed by atoms with Crippen molar-refractivity contribution in [2.75, 3.05) is 23.7 Å². The van der Waals surface area contributed by atoms with E-state index in [0.717, 1.165) is 22.1 Å². The molecule has 0 unspecified atom stereocenters. The van der Waals surface area contributed by atoms with Crippen LogP contribution in [0.3, 0.4) is 0 Å². The van der Waals surface area contributed by atoms with Crippen molar-refractivity contribution in [2.45, 2.75) is 25.5 Å². The fourth-order valence-electron chi connectivity index (χ4n) is 4.58. The van der Waals surface area contributed by atoms with Crippen molar-refractivity contribution < 1.29 is 23.9 Å². The molecule has 7 nitrogen and oxygen atoms in total. The zero-order chi connectivity index (χ0) is 24.5. The number of anilines is 2. The summed E-state index contributed by atoms with van der Waals surface area (Å²) in [6.45, 7) is 2.64. The van der Waals surface area contributed by atoms with Crippen LogP contribution in [0.5, 0.6) is 11.5 Å². The number of amides is 2. The van der Waals surface area contributed by atoms with Crippen LogP contribution in [0.4, 0.5) is 11.4 Å². The van der Waals surface area contributed by atoms with Gasteiger partial charge in [0.2, 0.25) is 5.91 Å². The molecule has 5 rings (SSSR count). The Labute approximate surface area is 212 Å². The van der Waals surface area contributed by atoms with E-state index in [2.05, 4.69) is 15.9 Å². The number of halogens is 1. The molecule has 0 saturated carbocycles. The average Bonchev–Trinajstić information content (AvgIpc) is 3.39. The SMILES string of the molecule is CCCOc1ccc(N2C(=O)[C@H]3[C@H](ON(c4ccccc4)[C@@H]3c3ccc(OC)c(Br)c3)C2=O)cc1. The molecule has 8 heteroatoms. The minimum absolute atomic E-state index is 0.294. The number of hydrogen-bond acceptors (Lipinski definition) is 6. The summed E-state index contributed by atoms with van der Waals surface area (Å²) in [7, 11) is 1.60. The predicted octanol–water partition coefficient (Wildman–Crippen LogP) is 5.30. The Morgan fingerprint density at radius 2 is 1.69 bits per heavy atom. The van der Waals surface area contributed by atoms with E-state index in [9.17, 15) is 9.59 Å². The van der Waals surface area contributed by atoms with E-state index in [0.29, 0.717) is 23.8 Å². The van der Waals surface area contributed by atoms with Gasteiger partial charge in [0.05, 0.1) is 35.6 Å². The van der Waals surface area contributed by atoms with Gasteiger partial charge in [-0.25, -0.2) is 9.96 Å². The topological polar surface area (TPSA) is 68.3 Å². The first kappa shape index (κ1) is 23.4. The van der Waals surface area contributed by atoms with Gasteiger partial charge in [0.15, 0.2) is 6.10 Å². The van der Waals surface area contributed by atoms with Crippen LogP contribution in [0.1, 0.15) is 24.9 Å². The van der Waals surface area contributed by atoms with E-state index in [1.807, 2.05) is 55.5 Å². The molecule has 0 bridgehead atoms. The molecular formula is C27H25BrN2O5. The first-order valence-electron chi connectivity index (χ1n) is 11.5. The molecule has 3 atom stereocenters. The fourth-order valence-corrected chi connectivity index (χ4v) is 5.14. The molecule has 35 heavy (non-hydrogen) atoms. The van der Waals surface area contributed by atoms with Crippen LogP contribution < -0.4 is 19.4 Å². The second-order valence-corrected chi connectivity index (χ2v) is 9.26. The van der Waals surface area contributed by atoms with Crippen molar-refractivity contribution in [1.29, 1.82) is 0 Å². The Hall–Kier alpha value is -3.36. The van der Waals surface area contributed by atoms with Gasteiger partial charge in [-0.05, 0) is 76.4 Å². The van der Waals surface area contributed by atoms with Crippen LogP contribution >= 0.6 is 15.9 Å². The first-order valence-corrected chi connectivity index (χ1v) is 12.3. The van der Waals surface area contributed by atoms with E-state index in [4.69, 9.17) is 14.3 Å². The van der Waals surface area contributed by atoms with Crippen molar-refractivity contribution in [2.24, 2.45) is 5.92 Å². The number of benzene rings is 3. The Balaban J connectivity index is 1.51. The molecule has 0 radical (unpaired) electrons. The summed E-state index contributed by atoms with van der Waals surface area (Å²) in [5.74, 6) is -0.00601. The molecule has 2 aliphatic heterocycles. The number of rotatable bonds is 7. The van der Waals surface area contributed by atoms with E-state index >= 15 is 0 Å². The van der Waals surface area contributed by atoms with Gasteiger partial charge in [-0.1, -0.05) is 31.2 Å². The molecule has 2 fully saturated rings. The lowest BCUT2D eigenvalue weighted by atomic mass is 9.90. The average molecular weight is 537 g/mol. The summed E-state index contributed by atoms with van der Waals surface area (Å²) < 4.78 is 11.8. The normalized spacial score (nSPS) is 21.4. The van der Waals surface area contributed by atoms with Crippen LogP contribution in [0.2, 0.25) is 0 Å². The third-order valence-corrected chi connectivity index (χ3v) is 6.83. The second kappa shape index (κ2) is 9.71. The summed E-state index contributed by atoms with van der Waals surface area (Å²) >= 11 is 3.54. The Kier molecular flexibility index (Phi) is 6.49. The second-order valence-electron chi connectivity index (χ2n) is 8.41. The fraction of sp³-hybridized carbons (Fsp3) is 0.259. The van der Waals surface area contributed by atoms with Crippen molar-refractivity contribution in [3.05, 3.63) is 82.8 Å². The highest BCUT2D eigenvalue weighted by atomic mass is 79.9. The molecule has 0 aliphatic carbocycles. The van der Waals surface area contributed by atoms with E-state index in [1.54, 1.807) is 36.4 Å². The molecule has 3 aromatic carbocycles. The zero-order valence-electron chi connectivity index (χ0n) is 19.4. The Morgan fingerprint density at radius 3 is 2.34 bits per heavy atom. The highest BCUT2D eigenvalue weighted by Crippen LogP contribution is 2.48. The van der Waals surface area contributed by atoms with Gasteiger partial charge in [0.25, 0.3) is 5.91 Å². The first-order chi connectivity index (χ1) is 17.0. The third kappa shape index (κ3) is 4.17. The number of hydroxylamine groups is 1. The minimum atomic E-state index is -0.926. The molecule has 0 N–H and O–H groups in total. The third-order valence-electron chi connectivity index (χ3n) is 6.21. The number of imide groups is 1. The molecule has 2 heterocycles. The van der Waals surface area contributed by atoms with Crippen LogP contribution in [-0.2, 0) is 14.4 Å². The van der Waals surface area contributed by atoms with E-state index < -0.39 is 18.1 Å². The van der Waals surface area contributed by atoms with Crippen molar-refractivity contribution in [3.8, 4) is 11.5 Å². The molecular weight excluding hydrogens is 512 g/mol. The number of carbonyl (C=O) groups is 2. The summed E-state index contributed by atoms with van der Waals surface area (Å²) in [5, 5.41) is 1.68. The molecule has 0 aromatic heterocycles. The van der Waals surface area contributed by atoms with Crippen molar-refractivity contribution in [3.63, 3.8) is 0 Å². The van der Waals surface area contributed by atoms with Gasteiger partial charge in [-0.3, -0.25) is 14.4 Å². The van der Waals surface area contributed by atoms with Gasteiger partial charge < -0.3 is 9.47 Å². The molecule has 0 spiro atoms. The lowest BCUT2D eigenvalue weighted by molar-refractivity contribution is -0.126. The van der Waals surface area contributed by atoms with Crippen LogP contribution in [-0.4, -0.2) is 31.6 Å². The smallest absolute Gasteiger partial charge is 0.266 e. The maximum Gasteiger partial charge on any atom is 0.266 e. The summed E-state index contributed by atoms with van der Waals surface area (Å²) in [4.78, 5) is 34.6. The van der Waals surface area contributed by atoms with E-state index in [-0.39, 0.29) is 11.8 Å². The minimum Gasteiger partial charge on any atom is -0.496 e. The quantitative estimate of drug-likeness (QED) is 0.382. The summed E-state index contributed by atoms with van der Waals surface area (Å²) in [6, 6.07) is 21.6. The largest absolute Gasteiger partial charge is 0.496 e. The van der Waals surface area contributed by atoms with Gasteiger partial charge in [0.1, 0.15) is 17.4 Å². The number of methoxy groups -OCH3 is 1. The van der Waals surface area contributed by atoms with Crippen molar-refractivity contribution in [1.82, 2.24) is 0 Å². The highest BCUT2D eigenvalue weighted by molar-refractivity contribution is 9.10. The van der Waals surface area contributed by atoms with Gasteiger partial charge in [0, 0.05) is 0 Å². The Morgan fingerprint density at radius 1 is 0.943 bits per heavy atom. The molecule has 2 amide bonds. The maximum absolute atomic E-state index is 13.8. The predicted molar refractivity (Wildman–Crippen MR) is 135 cm³/mol. The number of hydrogen-bond donors (Lipinski definition) is 0. The molecule has 180 valence electrons. The molecule has 2 aliphatic rings. The van der Waals surface area contributed by atoms with Crippen LogP contribution in [0, 0.1) is 5.92 Å². The van der Waals surface area contributed by atoms with Crippen LogP contribution in [0.15, 0.2) is 77.3 Å². The van der Waals surface area contributed by atoms with E-state index in [1.165, 1.54) is 4.90 Å². The number of nitrogens with zero attached hydrogens (tertiary/aromatic N) is 2. The lowest BCUT2D eigenvalue weighted by Gasteiger charge is -2.29. The lowest BCUT2D eigenvalue weighted by Crippen LogP contribution is -2.37. The zero-order valence-corrected chi connectivity index (χ0v) is 21.0. The highest BCUT2D eigenvalue weighted by Gasteiger charge is 2.60. The molecule has 2 saturated heterocycles. The number of fused-ring (bicyclic) bond motifs is 1. The number of para-hydroxylation sites is 1.